The van der Waals surface area contributed by atoms with Crippen LogP contribution in [0.15, 0.2) is 30.7 Å². The average Bonchev–Trinajstić information content (AvgIpc) is 3.14. The minimum Gasteiger partial charge on any atom is -0.354 e. The first-order chi connectivity index (χ1) is 16.7. The maximum absolute atomic E-state index is 14.2. The van der Waals surface area contributed by atoms with Crippen LogP contribution in [0.2, 0.25) is 5.02 Å². The molecule has 4 heterocycles. The highest BCUT2D eigenvalue weighted by Crippen LogP contribution is 2.50. The molecule has 0 bridgehead atoms. The Labute approximate surface area is 205 Å². The Bertz CT molecular complexity index is 1260. The summed E-state index contributed by atoms with van der Waals surface area (Å²) >= 11 is 6.34. The van der Waals surface area contributed by atoms with E-state index in [0.29, 0.717) is 37.0 Å². The van der Waals surface area contributed by atoms with Crippen LogP contribution in [0.3, 0.4) is 0 Å². The zero-order chi connectivity index (χ0) is 24.4. The van der Waals surface area contributed by atoms with Gasteiger partial charge in [-0.1, -0.05) is 11.6 Å². The maximum Gasteiger partial charge on any atom is 0.251 e. The number of fused-ring (bicyclic) bond motifs is 3. The van der Waals surface area contributed by atoms with Crippen molar-refractivity contribution >= 4 is 17.4 Å². The van der Waals surface area contributed by atoms with Crippen LogP contribution in [0.5, 0.6) is 0 Å². The molecule has 1 aromatic carbocycles. The van der Waals surface area contributed by atoms with Crippen LogP contribution in [0.1, 0.15) is 55.7 Å². The Morgan fingerprint density at radius 3 is 2.57 bits per heavy atom. The maximum atomic E-state index is 14.2. The summed E-state index contributed by atoms with van der Waals surface area (Å²) in [6, 6.07) is 5.70. The number of aromatic nitrogens is 5. The zero-order valence-electron chi connectivity index (χ0n) is 19.3. The van der Waals surface area contributed by atoms with Gasteiger partial charge in [0, 0.05) is 49.0 Å². The molecule has 3 aliphatic rings. The summed E-state index contributed by atoms with van der Waals surface area (Å²) in [4.78, 5) is 11.8. The van der Waals surface area contributed by atoms with Gasteiger partial charge in [0.2, 0.25) is 0 Å². The van der Waals surface area contributed by atoms with Gasteiger partial charge in [-0.3, -0.25) is 9.47 Å². The van der Waals surface area contributed by atoms with Gasteiger partial charge in [-0.15, -0.1) is 10.2 Å². The van der Waals surface area contributed by atoms with E-state index in [0.717, 1.165) is 35.7 Å². The molecule has 0 N–H and O–H groups in total. The molecule has 2 aliphatic heterocycles. The molecular weight excluding hydrogens is 479 g/mol. The summed E-state index contributed by atoms with van der Waals surface area (Å²) < 4.78 is 44.0. The number of hydrogen-bond acceptors (Lipinski definition) is 6. The summed E-state index contributed by atoms with van der Waals surface area (Å²) in [7, 11) is 0. The van der Waals surface area contributed by atoms with Gasteiger partial charge >= 0.3 is 0 Å². The second-order valence-corrected chi connectivity index (χ2v) is 10.5. The topological polar surface area (TPSA) is 63.0 Å². The fourth-order valence-electron chi connectivity index (χ4n) is 5.85. The summed E-state index contributed by atoms with van der Waals surface area (Å²) in [5.41, 5.74) is 1.29. The number of rotatable bonds is 3. The van der Waals surface area contributed by atoms with E-state index >= 15 is 0 Å². The van der Waals surface area contributed by atoms with E-state index in [2.05, 4.69) is 29.6 Å². The van der Waals surface area contributed by atoms with Crippen LogP contribution in [0.25, 0.3) is 5.69 Å². The van der Waals surface area contributed by atoms with Crippen molar-refractivity contribution in [1.82, 2.24) is 29.6 Å². The van der Waals surface area contributed by atoms with Crippen LogP contribution in [-0.2, 0) is 13.1 Å². The lowest BCUT2D eigenvalue weighted by Crippen LogP contribution is -2.59. The van der Waals surface area contributed by atoms with Gasteiger partial charge in [0.1, 0.15) is 12.2 Å². The van der Waals surface area contributed by atoms with Gasteiger partial charge in [-0.05, 0) is 43.5 Å². The van der Waals surface area contributed by atoms with Crippen LogP contribution < -0.4 is 4.90 Å². The number of anilines is 1. The van der Waals surface area contributed by atoms with Crippen molar-refractivity contribution in [1.29, 1.82) is 0 Å². The van der Waals surface area contributed by atoms with Crippen LogP contribution in [-0.4, -0.2) is 54.2 Å². The minimum absolute atomic E-state index is 0.121. The van der Waals surface area contributed by atoms with Crippen molar-refractivity contribution in [2.24, 2.45) is 0 Å². The van der Waals surface area contributed by atoms with E-state index in [9.17, 15) is 13.2 Å². The monoisotopic (exact) mass is 503 g/mol. The van der Waals surface area contributed by atoms with Gasteiger partial charge in [0.05, 0.1) is 18.4 Å². The van der Waals surface area contributed by atoms with Crippen molar-refractivity contribution in [3.05, 3.63) is 58.8 Å². The second-order valence-electron chi connectivity index (χ2n) is 10.1. The number of benzene rings is 1. The van der Waals surface area contributed by atoms with Gasteiger partial charge in [-0.2, -0.15) is 0 Å². The SMILES string of the molecule is CC1(N2Cc3cc(Cl)ccc3-n3c(nnc3C3CCN(c4ncncc4F)CC3)C2)CC(F)(F)C1. The van der Waals surface area contributed by atoms with Crippen molar-refractivity contribution in [3.63, 3.8) is 0 Å². The smallest absolute Gasteiger partial charge is 0.251 e. The lowest BCUT2D eigenvalue weighted by Gasteiger charge is -2.51. The van der Waals surface area contributed by atoms with E-state index in [-0.39, 0.29) is 18.8 Å². The summed E-state index contributed by atoms with van der Waals surface area (Å²) in [6.07, 6.45) is 3.72. The van der Waals surface area contributed by atoms with E-state index in [1.165, 1.54) is 12.5 Å². The minimum atomic E-state index is -2.63. The molecule has 0 atom stereocenters. The fraction of sp³-hybridized carbons (Fsp3) is 0.500. The van der Waals surface area contributed by atoms with Crippen molar-refractivity contribution in [2.75, 3.05) is 18.0 Å². The number of piperidine rings is 1. The second kappa shape index (κ2) is 8.16. The predicted octanol–water partition coefficient (Wildman–Crippen LogP) is 4.74. The Hall–Kier alpha value is -2.72. The Balaban J connectivity index is 1.31. The Kier molecular flexibility index (Phi) is 5.30. The Morgan fingerprint density at radius 2 is 1.86 bits per heavy atom. The molecule has 0 spiro atoms. The molecule has 1 saturated heterocycles. The van der Waals surface area contributed by atoms with E-state index in [1.807, 2.05) is 30.0 Å². The molecule has 1 aliphatic carbocycles. The average molecular weight is 504 g/mol. The molecule has 7 nitrogen and oxygen atoms in total. The van der Waals surface area contributed by atoms with E-state index < -0.39 is 17.3 Å². The molecule has 0 amide bonds. The molecule has 11 heteroatoms. The van der Waals surface area contributed by atoms with Gasteiger partial charge in [0.25, 0.3) is 5.92 Å². The van der Waals surface area contributed by atoms with Gasteiger partial charge < -0.3 is 4.90 Å². The lowest BCUT2D eigenvalue weighted by molar-refractivity contribution is -0.173. The van der Waals surface area contributed by atoms with Crippen molar-refractivity contribution in [2.45, 2.75) is 63.1 Å². The number of alkyl halides is 2. The highest BCUT2D eigenvalue weighted by molar-refractivity contribution is 6.30. The summed E-state index contributed by atoms with van der Waals surface area (Å²) in [6.45, 7) is 4.10. The summed E-state index contributed by atoms with van der Waals surface area (Å²) in [5, 5.41) is 9.70. The van der Waals surface area contributed by atoms with Crippen LogP contribution in [0, 0.1) is 5.82 Å². The first-order valence-corrected chi connectivity index (χ1v) is 12.2. The van der Waals surface area contributed by atoms with E-state index in [4.69, 9.17) is 11.6 Å². The van der Waals surface area contributed by atoms with Gasteiger partial charge in [0.15, 0.2) is 17.5 Å². The number of nitrogens with zero attached hydrogens (tertiary/aromatic N) is 7. The standard InChI is InChI=1S/C24H25ClF3N7/c1-23(12-24(27,28)13-23)34-10-16-8-17(25)2-3-19(16)35-20(11-34)31-32-21(35)15-4-6-33(7-5-15)22-18(26)9-29-14-30-22/h2-3,8-9,14-15H,4-7,10-13H2,1H3. The molecule has 184 valence electrons. The molecule has 2 aromatic heterocycles. The van der Waals surface area contributed by atoms with Crippen LogP contribution in [0.4, 0.5) is 19.0 Å². The number of hydrogen-bond donors (Lipinski definition) is 0. The number of halogens is 4. The zero-order valence-corrected chi connectivity index (χ0v) is 20.0. The van der Waals surface area contributed by atoms with Gasteiger partial charge in [-0.25, -0.2) is 23.1 Å². The van der Waals surface area contributed by atoms with Crippen molar-refractivity contribution in [3.8, 4) is 5.69 Å². The van der Waals surface area contributed by atoms with Crippen molar-refractivity contribution < 1.29 is 13.2 Å². The third-order valence-electron chi connectivity index (χ3n) is 7.58. The third kappa shape index (κ3) is 3.96. The highest BCUT2D eigenvalue weighted by Gasteiger charge is 2.57. The Morgan fingerprint density at radius 1 is 1.09 bits per heavy atom. The predicted molar refractivity (Wildman–Crippen MR) is 124 cm³/mol. The normalized spacial score (nSPS) is 21.7. The third-order valence-corrected chi connectivity index (χ3v) is 7.82. The molecule has 6 rings (SSSR count). The highest BCUT2D eigenvalue weighted by atomic mass is 35.5. The first kappa shape index (κ1) is 22.7. The molecule has 35 heavy (non-hydrogen) atoms. The molecule has 2 fully saturated rings. The van der Waals surface area contributed by atoms with Crippen LogP contribution >= 0.6 is 11.6 Å². The molecule has 0 unspecified atom stereocenters. The molecular formula is C24H25ClF3N7. The quantitative estimate of drug-likeness (QED) is 0.514. The largest absolute Gasteiger partial charge is 0.354 e. The van der Waals surface area contributed by atoms with E-state index in [1.54, 1.807) is 0 Å². The molecule has 3 aromatic rings. The molecule has 1 saturated carbocycles. The molecule has 0 radical (unpaired) electrons. The lowest BCUT2D eigenvalue weighted by atomic mass is 9.73. The first-order valence-electron chi connectivity index (χ1n) is 11.8. The fourth-order valence-corrected chi connectivity index (χ4v) is 6.04. The summed E-state index contributed by atoms with van der Waals surface area (Å²) in [5.74, 6) is -1.04.